The van der Waals surface area contributed by atoms with Crippen molar-refractivity contribution < 1.29 is 18.7 Å². The summed E-state index contributed by atoms with van der Waals surface area (Å²) >= 11 is 0. The summed E-state index contributed by atoms with van der Waals surface area (Å²) in [6.45, 7) is 7.98. The van der Waals surface area contributed by atoms with Crippen LogP contribution >= 0.6 is 0 Å². The second kappa shape index (κ2) is 8.30. The van der Waals surface area contributed by atoms with Gasteiger partial charge in [0.15, 0.2) is 0 Å². The number of morpholine rings is 1. The number of hydrogen-bond donors (Lipinski definition) is 1. The number of carbonyl (C=O) groups is 2. The molecule has 27 heavy (non-hydrogen) atoms. The van der Waals surface area contributed by atoms with Crippen LogP contribution in [0.3, 0.4) is 0 Å². The van der Waals surface area contributed by atoms with Gasteiger partial charge in [0.05, 0.1) is 13.2 Å². The van der Waals surface area contributed by atoms with Gasteiger partial charge in [0, 0.05) is 30.1 Å². The first kappa shape index (κ1) is 19.0. The Kier molecular flexibility index (Phi) is 5.85. The lowest BCUT2D eigenvalue weighted by Gasteiger charge is -2.26. The largest absolute Gasteiger partial charge is 0.423 e. The van der Waals surface area contributed by atoms with E-state index in [0.29, 0.717) is 49.2 Å². The van der Waals surface area contributed by atoms with E-state index >= 15 is 0 Å². The van der Waals surface area contributed by atoms with Gasteiger partial charge in [-0.1, -0.05) is 13.8 Å². The molecule has 1 aromatic carbocycles. The second-order valence-corrected chi connectivity index (χ2v) is 6.81. The van der Waals surface area contributed by atoms with Crippen LogP contribution in [-0.2, 0) is 4.74 Å². The average molecular weight is 372 g/mol. The van der Waals surface area contributed by atoms with Crippen LogP contribution in [0.4, 0.5) is 0 Å². The maximum Gasteiger partial charge on any atom is 0.254 e. The molecule has 0 bridgehead atoms. The van der Waals surface area contributed by atoms with Crippen LogP contribution in [0.15, 0.2) is 28.7 Å². The van der Waals surface area contributed by atoms with Gasteiger partial charge in [-0.25, -0.2) is 0 Å². The summed E-state index contributed by atoms with van der Waals surface area (Å²) in [7, 11) is 0. The lowest BCUT2D eigenvalue weighted by Crippen LogP contribution is -2.40. The standard InChI is InChI=1S/C19H24N4O4/c1-12(2)17-21-22-18(27-17)13(3)20-16(24)14-4-6-15(7-5-14)19(25)23-8-10-26-11-9-23/h4-7,12-13H,8-11H2,1-3H3,(H,20,24)/t13-/m0/s1. The van der Waals surface area contributed by atoms with E-state index in [1.165, 1.54) is 0 Å². The van der Waals surface area contributed by atoms with Gasteiger partial charge in [-0.05, 0) is 31.2 Å². The second-order valence-electron chi connectivity index (χ2n) is 6.81. The van der Waals surface area contributed by atoms with E-state index in [1.54, 1.807) is 36.1 Å². The number of carbonyl (C=O) groups excluding carboxylic acids is 2. The maximum atomic E-state index is 12.4. The van der Waals surface area contributed by atoms with Crippen LogP contribution < -0.4 is 5.32 Å². The zero-order chi connectivity index (χ0) is 19.4. The van der Waals surface area contributed by atoms with Gasteiger partial charge in [-0.3, -0.25) is 9.59 Å². The highest BCUT2D eigenvalue weighted by molar-refractivity contribution is 5.98. The molecule has 1 N–H and O–H groups in total. The molecule has 1 fully saturated rings. The zero-order valence-corrected chi connectivity index (χ0v) is 15.8. The Morgan fingerprint density at radius 3 is 2.19 bits per heavy atom. The predicted octanol–water partition coefficient (Wildman–Crippen LogP) is 2.16. The zero-order valence-electron chi connectivity index (χ0n) is 15.8. The van der Waals surface area contributed by atoms with Crippen molar-refractivity contribution in [2.24, 2.45) is 0 Å². The fraction of sp³-hybridized carbons (Fsp3) is 0.474. The third-order valence-corrected chi connectivity index (χ3v) is 4.36. The number of amides is 2. The van der Waals surface area contributed by atoms with Crippen LogP contribution in [0.2, 0.25) is 0 Å². The van der Waals surface area contributed by atoms with Crippen molar-refractivity contribution in [1.29, 1.82) is 0 Å². The van der Waals surface area contributed by atoms with E-state index in [-0.39, 0.29) is 17.7 Å². The highest BCUT2D eigenvalue weighted by atomic mass is 16.5. The highest BCUT2D eigenvalue weighted by Crippen LogP contribution is 2.17. The Hall–Kier alpha value is -2.74. The minimum absolute atomic E-state index is 0.0503. The molecule has 0 radical (unpaired) electrons. The Bertz CT molecular complexity index is 794. The summed E-state index contributed by atoms with van der Waals surface area (Å²) in [4.78, 5) is 26.6. The Balaban J connectivity index is 1.62. The maximum absolute atomic E-state index is 12.4. The number of benzene rings is 1. The van der Waals surface area contributed by atoms with Crippen molar-refractivity contribution in [1.82, 2.24) is 20.4 Å². The van der Waals surface area contributed by atoms with E-state index < -0.39 is 6.04 Å². The number of hydrogen-bond acceptors (Lipinski definition) is 6. The number of rotatable bonds is 5. The monoisotopic (exact) mass is 372 g/mol. The third-order valence-electron chi connectivity index (χ3n) is 4.36. The molecule has 1 atom stereocenters. The van der Waals surface area contributed by atoms with Crippen molar-refractivity contribution >= 4 is 11.8 Å². The quantitative estimate of drug-likeness (QED) is 0.864. The van der Waals surface area contributed by atoms with Crippen LogP contribution in [0.1, 0.15) is 65.2 Å². The minimum Gasteiger partial charge on any atom is -0.423 e. The number of aromatic nitrogens is 2. The van der Waals surface area contributed by atoms with Crippen molar-refractivity contribution in [3.8, 4) is 0 Å². The predicted molar refractivity (Wildman–Crippen MR) is 97.4 cm³/mol. The topological polar surface area (TPSA) is 97.6 Å². The first-order valence-corrected chi connectivity index (χ1v) is 9.07. The molecule has 2 aromatic rings. The first-order valence-electron chi connectivity index (χ1n) is 9.07. The molecule has 2 heterocycles. The fourth-order valence-corrected chi connectivity index (χ4v) is 2.71. The number of nitrogens with one attached hydrogen (secondary N) is 1. The summed E-state index contributed by atoms with van der Waals surface area (Å²) < 4.78 is 10.8. The van der Waals surface area contributed by atoms with Crippen molar-refractivity contribution in [2.75, 3.05) is 26.3 Å². The summed E-state index contributed by atoms with van der Waals surface area (Å²) in [5.41, 5.74) is 1.02. The van der Waals surface area contributed by atoms with E-state index in [1.807, 2.05) is 13.8 Å². The Morgan fingerprint density at radius 1 is 1.00 bits per heavy atom. The molecule has 3 rings (SSSR count). The van der Waals surface area contributed by atoms with Gasteiger partial charge in [-0.15, -0.1) is 10.2 Å². The molecule has 1 saturated heterocycles. The number of ether oxygens (including phenoxy) is 1. The smallest absolute Gasteiger partial charge is 0.254 e. The fourth-order valence-electron chi connectivity index (χ4n) is 2.71. The molecule has 1 aromatic heterocycles. The van der Waals surface area contributed by atoms with Gasteiger partial charge >= 0.3 is 0 Å². The molecule has 0 spiro atoms. The van der Waals surface area contributed by atoms with E-state index in [2.05, 4.69) is 15.5 Å². The molecule has 8 heteroatoms. The first-order chi connectivity index (χ1) is 13.0. The normalized spacial score (nSPS) is 15.6. The van der Waals surface area contributed by atoms with E-state index in [0.717, 1.165) is 0 Å². The van der Waals surface area contributed by atoms with Gasteiger partial charge in [0.1, 0.15) is 6.04 Å². The lowest BCUT2D eigenvalue weighted by molar-refractivity contribution is 0.0303. The highest BCUT2D eigenvalue weighted by Gasteiger charge is 2.20. The van der Waals surface area contributed by atoms with Crippen LogP contribution in [0.5, 0.6) is 0 Å². The summed E-state index contributed by atoms with van der Waals surface area (Å²) in [6.07, 6.45) is 0. The van der Waals surface area contributed by atoms with Gasteiger partial charge in [0.2, 0.25) is 11.8 Å². The average Bonchev–Trinajstić information content (AvgIpc) is 3.19. The van der Waals surface area contributed by atoms with Crippen molar-refractivity contribution in [3.63, 3.8) is 0 Å². The molecule has 0 saturated carbocycles. The molecular weight excluding hydrogens is 348 g/mol. The molecule has 0 unspecified atom stereocenters. The third kappa shape index (κ3) is 4.51. The van der Waals surface area contributed by atoms with E-state index in [9.17, 15) is 9.59 Å². The minimum atomic E-state index is -0.410. The molecule has 8 nitrogen and oxygen atoms in total. The van der Waals surface area contributed by atoms with Gasteiger partial charge in [0.25, 0.3) is 11.8 Å². The molecule has 144 valence electrons. The lowest BCUT2D eigenvalue weighted by atomic mass is 10.1. The molecule has 1 aliphatic heterocycles. The Labute approximate surface area is 157 Å². The van der Waals surface area contributed by atoms with Crippen molar-refractivity contribution in [3.05, 3.63) is 47.2 Å². The summed E-state index contributed by atoms with van der Waals surface area (Å²) in [5.74, 6) is 0.719. The molecule has 0 aliphatic carbocycles. The van der Waals surface area contributed by atoms with Gasteiger partial charge in [-0.2, -0.15) is 0 Å². The molecule has 2 amide bonds. The van der Waals surface area contributed by atoms with Gasteiger partial charge < -0.3 is 19.4 Å². The SMILES string of the molecule is CC(C)c1nnc([C@H](C)NC(=O)c2ccc(C(=O)N3CCOCC3)cc2)o1. The molecular formula is C19H24N4O4. The van der Waals surface area contributed by atoms with Crippen LogP contribution in [-0.4, -0.2) is 53.2 Å². The van der Waals surface area contributed by atoms with Crippen LogP contribution in [0.25, 0.3) is 0 Å². The van der Waals surface area contributed by atoms with E-state index in [4.69, 9.17) is 9.15 Å². The molecule has 1 aliphatic rings. The number of nitrogens with zero attached hydrogens (tertiary/aromatic N) is 3. The Morgan fingerprint density at radius 2 is 1.59 bits per heavy atom. The van der Waals surface area contributed by atoms with Crippen LogP contribution in [0, 0.1) is 0 Å². The summed E-state index contributed by atoms with van der Waals surface area (Å²) in [6, 6.07) is 6.21. The van der Waals surface area contributed by atoms with Crippen molar-refractivity contribution in [2.45, 2.75) is 32.7 Å². The summed E-state index contributed by atoms with van der Waals surface area (Å²) in [5, 5.41) is 10.8.